The van der Waals surface area contributed by atoms with Gasteiger partial charge >= 0.3 is 0 Å². The van der Waals surface area contributed by atoms with Crippen LogP contribution < -0.4 is 0 Å². The summed E-state index contributed by atoms with van der Waals surface area (Å²) in [7, 11) is 0. The lowest BCUT2D eigenvalue weighted by Gasteiger charge is -2.03. The summed E-state index contributed by atoms with van der Waals surface area (Å²) in [5.41, 5.74) is 1.99. The van der Waals surface area contributed by atoms with E-state index in [1.54, 1.807) is 0 Å². The largest absolute Gasteiger partial charge is 0.306 e. The number of rotatable bonds is 0. The van der Waals surface area contributed by atoms with Crippen LogP contribution in [0.3, 0.4) is 0 Å². The molecule has 0 N–H and O–H groups in total. The van der Waals surface area contributed by atoms with Crippen molar-refractivity contribution in [2.75, 3.05) is 0 Å². The number of nitrogens with zero attached hydrogens (tertiary/aromatic N) is 3. The van der Waals surface area contributed by atoms with Crippen molar-refractivity contribution >= 4 is 27.3 Å². The van der Waals surface area contributed by atoms with Gasteiger partial charge in [-0.15, -0.1) is 0 Å². The molecule has 1 aromatic carbocycles. The van der Waals surface area contributed by atoms with Crippen LogP contribution in [0.4, 0.5) is 0 Å². The molecule has 0 saturated carbocycles. The van der Waals surface area contributed by atoms with E-state index in [4.69, 9.17) is 0 Å². The van der Waals surface area contributed by atoms with Crippen molar-refractivity contribution in [3.63, 3.8) is 0 Å². The topological polar surface area (TPSA) is 30.2 Å². The molecule has 3 heteroatoms. The van der Waals surface area contributed by atoms with Crippen molar-refractivity contribution < 1.29 is 0 Å². The van der Waals surface area contributed by atoms with Crippen molar-refractivity contribution in [1.82, 2.24) is 14.4 Å². The van der Waals surface area contributed by atoms with Crippen LogP contribution in [-0.2, 0) is 0 Å². The van der Waals surface area contributed by atoms with Crippen molar-refractivity contribution in [2.24, 2.45) is 0 Å². The summed E-state index contributed by atoms with van der Waals surface area (Å²) in [5, 5.41) is 3.51. The van der Waals surface area contributed by atoms with Gasteiger partial charge in [0.15, 0.2) is 0 Å². The Morgan fingerprint density at radius 2 is 1.94 bits per heavy atom. The lowest BCUT2D eigenvalue weighted by Crippen LogP contribution is -1.87. The Balaban J connectivity index is 2.30. The first-order chi connectivity index (χ1) is 8.42. The molecule has 0 aliphatic rings. The molecule has 0 amide bonds. The van der Waals surface area contributed by atoms with E-state index in [-0.39, 0.29) is 0 Å². The van der Waals surface area contributed by atoms with E-state index < -0.39 is 0 Å². The molecule has 0 saturated heterocycles. The van der Waals surface area contributed by atoms with Gasteiger partial charge in [0, 0.05) is 35.6 Å². The zero-order valence-corrected chi connectivity index (χ0v) is 9.04. The summed E-state index contributed by atoms with van der Waals surface area (Å²) >= 11 is 0. The first-order valence-electron chi connectivity index (χ1n) is 5.52. The Morgan fingerprint density at radius 3 is 2.94 bits per heavy atom. The summed E-state index contributed by atoms with van der Waals surface area (Å²) in [6.45, 7) is 0. The van der Waals surface area contributed by atoms with Gasteiger partial charge in [0.05, 0.1) is 5.52 Å². The summed E-state index contributed by atoms with van der Waals surface area (Å²) < 4.78 is 2.01. The Labute approximate surface area is 97.4 Å². The van der Waals surface area contributed by atoms with Gasteiger partial charge in [-0.3, -0.25) is 4.98 Å². The van der Waals surface area contributed by atoms with Gasteiger partial charge in [-0.1, -0.05) is 18.2 Å². The van der Waals surface area contributed by atoms with E-state index in [2.05, 4.69) is 28.3 Å². The second kappa shape index (κ2) is 3.04. The molecule has 4 rings (SSSR count). The minimum atomic E-state index is 0.967. The lowest BCUT2D eigenvalue weighted by atomic mass is 10.1. The number of imidazole rings is 1. The standard InChI is InChI=1S/C14H9N3/c1-2-4-13-11(3-1)12-7-14-15-5-6-17(14)9-10(12)8-16-13/h1-9H. The molecule has 17 heavy (non-hydrogen) atoms. The van der Waals surface area contributed by atoms with Crippen molar-refractivity contribution in [3.8, 4) is 0 Å². The van der Waals surface area contributed by atoms with Crippen LogP contribution in [0.15, 0.2) is 55.1 Å². The van der Waals surface area contributed by atoms with Gasteiger partial charge in [0.1, 0.15) is 5.65 Å². The molecule has 0 radical (unpaired) electrons. The van der Waals surface area contributed by atoms with Crippen molar-refractivity contribution in [1.29, 1.82) is 0 Å². The quantitative estimate of drug-likeness (QED) is 0.425. The molecule has 0 bridgehead atoms. The van der Waals surface area contributed by atoms with E-state index in [0.29, 0.717) is 0 Å². The van der Waals surface area contributed by atoms with Gasteiger partial charge in [0.2, 0.25) is 0 Å². The number of hydrogen-bond acceptors (Lipinski definition) is 2. The van der Waals surface area contributed by atoms with E-state index in [1.807, 2.05) is 41.2 Å². The maximum atomic E-state index is 4.47. The highest BCUT2D eigenvalue weighted by Crippen LogP contribution is 2.24. The van der Waals surface area contributed by atoms with Crippen LogP contribution >= 0.6 is 0 Å². The predicted octanol–water partition coefficient (Wildman–Crippen LogP) is 3.04. The molecule has 3 heterocycles. The summed E-state index contributed by atoms with van der Waals surface area (Å²) in [6.07, 6.45) is 7.74. The van der Waals surface area contributed by atoms with Gasteiger partial charge in [-0.05, 0) is 17.5 Å². The van der Waals surface area contributed by atoms with Crippen molar-refractivity contribution in [3.05, 3.63) is 55.1 Å². The SMILES string of the molecule is c1ccc2c(c1)ncc1cn3ccnc3cc12. The number of aromatic nitrogens is 3. The lowest BCUT2D eigenvalue weighted by molar-refractivity contribution is 1.20. The Bertz CT molecular complexity index is 846. The highest BCUT2D eigenvalue weighted by molar-refractivity contribution is 6.06. The summed E-state index contributed by atoms with van der Waals surface area (Å²) in [5.74, 6) is 0. The molecule has 80 valence electrons. The Kier molecular flexibility index (Phi) is 1.56. The monoisotopic (exact) mass is 219 g/mol. The highest BCUT2D eigenvalue weighted by atomic mass is 15.0. The summed E-state index contributed by atoms with van der Waals surface area (Å²) in [6, 6.07) is 10.3. The maximum Gasteiger partial charge on any atom is 0.137 e. The zero-order chi connectivity index (χ0) is 11.2. The minimum Gasteiger partial charge on any atom is -0.306 e. The second-order valence-corrected chi connectivity index (χ2v) is 4.11. The third-order valence-corrected chi connectivity index (χ3v) is 3.10. The minimum absolute atomic E-state index is 0.967. The molecule has 0 fully saturated rings. The van der Waals surface area contributed by atoms with Crippen LogP contribution in [0.25, 0.3) is 27.3 Å². The van der Waals surface area contributed by atoms with Crippen LogP contribution in [0, 0.1) is 0 Å². The average molecular weight is 219 g/mol. The number of pyridine rings is 2. The van der Waals surface area contributed by atoms with Crippen molar-refractivity contribution in [2.45, 2.75) is 0 Å². The third-order valence-electron chi connectivity index (χ3n) is 3.10. The molecule has 0 aliphatic heterocycles. The van der Waals surface area contributed by atoms with Crippen LogP contribution in [-0.4, -0.2) is 14.4 Å². The van der Waals surface area contributed by atoms with Crippen LogP contribution in [0.2, 0.25) is 0 Å². The van der Waals surface area contributed by atoms with E-state index in [9.17, 15) is 0 Å². The number of para-hydroxylation sites is 1. The van der Waals surface area contributed by atoms with Gasteiger partial charge in [0.25, 0.3) is 0 Å². The molecule has 0 atom stereocenters. The fourth-order valence-electron chi connectivity index (χ4n) is 2.27. The smallest absolute Gasteiger partial charge is 0.137 e. The maximum absolute atomic E-state index is 4.47. The molecular formula is C14H9N3. The first kappa shape index (κ1) is 8.70. The number of hydrogen-bond donors (Lipinski definition) is 0. The first-order valence-corrected chi connectivity index (χ1v) is 5.52. The van der Waals surface area contributed by atoms with Gasteiger partial charge in [-0.2, -0.15) is 0 Å². The van der Waals surface area contributed by atoms with E-state index >= 15 is 0 Å². The molecule has 3 nitrogen and oxygen atoms in total. The second-order valence-electron chi connectivity index (χ2n) is 4.11. The molecule has 0 spiro atoms. The molecule has 4 aromatic rings. The molecule has 0 aliphatic carbocycles. The predicted molar refractivity (Wildman–Crippen MR) is 68.0 cm³/mol. The van der Waals surface area contributed by atoms with E-state index in [1.165, 1.54) is 10.8 Å². The number of benzene rings is 1. The molecular weight excluding hydrogens is 210 g/mol. The fourth-order valence-corrected chi connectivity index (χ4v) is 2.27. The summed E-state index contributed by atoms with van der Waals surface area (Å²) in [4.78, 5) is 8.78. The average Bonchev–Trinajstić information content (AvgIpc) is 2.83. The third kappa shape index (κ3) is 1.16. The molecule has 3 aromatic heterocycles. The van der Waals surface area contributed by atoms with Gasteiger partial charge < -0.3 is 4.40 Å². The molecule has 0 unspecified atom stereocenters. The highest BCUT2D eigenvalue weighted by Gasteiger charge is 2.03. The van der Waals surface area contributed by atoms with Crippen LogP contribution in [0.5, 0.6) is 0 Å². The number of fused-ring (bicyclic) bond motifs is 4. The zero-order valence-electron chi connectivity index (χ0n) is 9.04. The normalized spacial score (nSPS) is 11.5. The van der Waals surface area contributed by atoms with E-state index in [0.717, 1.165) is 16.6 Å². The fraction of sp³-hybridized carbons (Fsp3) is 0. The van der Waals surface area contributed by atoms with Crippen LogP contribution in [0.1, 0.15) is 0 Å². The van der Waals surface area contributed by atoms with Gasteiger partial charge in [-0.25, -0.2) is 4.98 Å². The Morgan fingerprint density at radius 1 is 1.00 bits per heavy atom. The Hall–Kier alpha value is -2.42.